The van der Waals surface area contributed by atoms with Crippen molar-refractivity contribution in [2.24, 2.45) is 0 Å². The van der Waals surface area contributed by atoms with Crippen LogP contribution in [0.4, 0.5) is 5.82 Å². The lowest BCUT2D eigenvalue weighted by Gasteiger charge is -2.20. The second-order valence-corrected chi connectivity index (χ2v) is 3.28. The molecule has 0 amide bonds. The second-order valence-electron chi connectivity index (χ2n) is 3.28. The lowest BCUT2D eigenvalue weighted by atomic mass is 9.99. The summed E-state index contributed by atoms with van der Waals surface area (Å²) in [5.41, 5.74) is 6.45. The minimum Gasteiger partial charge on any atom is -0.382 e. The van der Waals surface area contributed by atoms with Gasteiger partial charge in [0.25, 0.3) is 0 Å². The van der Waals surface area contributed by atoms with Crippen LogP contribution in [-0.2, 0) is 4.74 Å². The van der Waals surface area contributed by atoms with Crippen LogP contribution in [0.1, 0.15) is 24.5 Å². The summed E-state index contributed by atoms with van der Waals surface area (Å²) >= 11 is 0. The third-order valence-corrected chi connectivity index (χ3v) is 2.27. The number of hydrogen-bond acceptors (Lipinski definition) is 4. The van der Waals surface area contributed by atoms with E-state index >= 15 is 0 Å². The average Bonchev–Trinajstić information content (AvgIpc) is 2.20. The Bertz CT molecular complexity index is 267. The Morgan fingerprint density at radius 3 is 2.92 bits per heavy atom. The summed E-state index contributed by atoms with van der Waals surface area (Å²) in [6, 6.07) is 0. The molecular formula is C9H13N3O. The van der Waals surface area contributed by atoms with Gasteiger partial charge in [0.1, 0.15) is 5.82 Å². The quantitative estimate of drug-likeness (QED) is 0.697. The molecular weight excluding hydrogens is 166 g/mol. The number of nitrogens with zero attached hydrogens (tertiary/aromatic N) is 2. The van der Waals surface area contributed by atoms with Gasteiger partial charge in [0.2, 0.25) is 0 Å². The van der Waals surface area contributed by atoms with Crippen LogP contribution in [0.25, 0.3) is 0 Å². The molecule has 1 aliphatic heterocycles. The minimum absolute atomic E-state index is 0.404. The molecule has 0 bridgehead atoms. The summed E-state index contributed by atoms with van der Waals surface area (Å²) in [6.07, 6.45) is 5.59. The molecule has 70 valence electrons. The van der Waals surface area contributed by atoms with Crippen LogP contribution in [0.15, 0.2) is 12.4 Å². The number of rotatable bonds is 1. The highest BCUT2D eigenvalue weighted by molar-refractivity contribution is 5.23. The van der Waals surface area contributed by atoms with Crippen molar-refractivity contribution in [1.82, 2.24) is 9.97 Å². The molecule has 13 heavy (non-hydrogen) atoms. The molecule has 0 saturated carbocycles. The average molecular weight is 179 g/mol. The number of nitrogen functional groups attached to an aromatic ring is 1. The molecule has 1 aromatic heterocycles. The number of ether oxygens (including phenoxy) is 1. The summed E-state index contributed by atoms with van der Waals surface area (Å²) in [5.74, 6) is 0.877. The van der Waals surface area contributed by atoms with Gasteiger partial charge in [0.15, 0.2) is 0 Å². The van der Waals surface area contributed by atoms with Crippen LogP contribution in [0.3, 0.4) is 0 Å². The maximum atomic E-state index is 5.45. The largest absolute Gasteiger partial charge is 0.382 e. The molecule has 4 heteroatoms. The van der Waals surface area contributed by atoms with Crippen LogP contribution in [0.2, 0.25) is 0 Å². The number of anilines is 1. The molecule has 1 aliphatic rings. The molecule has 0 aliphatic carbocycles. The third kappa shape index (κ3) is 1.95. The zero-order valence-electron chi connectivity index (χ0n) is 7.44. The Labute approximate surface area is 77.1 Å². The van der Waals surface area contributed by atoms with Gasteiger partial charge < -0.3 is 10.5 Å². The first kappa shape index (κ1) is 8.44. The predicted molar refractivity (Wildman–Crippen MR) is 49.2 cm³/mol. The molecule has 0 radical (unpaired) electrons. The summed E-state index contributed by atoms with van der Waals surface area (Å²) in [7, 11) is 0. The van der Waals surface area contributed by atoms with Crippen molar-refractivity contribution in [2.45, 2.75) is 18.8 Å². The molecule has 1 atom stereocenters. The zero-order valence-corrected chi connectivity index (χ0v) is 7.44. The van der Waals surface area contributed by atoms with Crippen LogP contribution in [-0.4, -0.2) is 23.2 Å². The molecule has 0 aromatic carbocycles. The van der Waals surface area contributed by atoms with Crippen molar-refractivity contribution in [3.8, 4) is 0 Å². The number of nitrogens with two attached hydrogens (primary N) is 1. The lowest BCUT2D eigenvalue weighted by Crippen LogP contribution is -2.16. The molecule has 1 unspecified atom stereocenters. The van der Waals surface area contributed by atoms with Crippen molar-refractivity contribution in [1.29, 1.82) is 0 Å². The SMILES string of the molecule is Nc1cnc(C2CCCOC2)cn1. The van der Waals surface area contributed by atoms with Gasteiger partial charge in [-0.05, 0) is 12.8 Å². The Kier molecular flexibility index (Phi) is 2.40. The molecule has 2 rings (SSSR count). The van der Waals surface area contributed by atoms with Gasteiger partial charge in [-0.25, -0.2) is 4.98 Å². The maximum Gasteiger partial charge on any atom is 0.141 e. The highest BCUT2D eigenvalue weighted by Gasteiger charge is 2.17. The molecule has 1 fully saturated rings. The highest BCUT2D eigenvalue weighted by atomic mass is 16.5. The Morgan fingerprint density at radius 2 is 2.31 bits per heavy atom. The predicted octanol–water partition coefficient (Wildman–Crippen LogP) is 0.953. The van der Waals surface area contributed by atoms with Crippen molar-refractivity contribution in [2.75, 3.05) is 18.9 Å². The summed E-state index contributed by atoms with van der Waals surface area (Å²) in [6.45, 7) is 1.64. The first-order valence-corrected chi connectivity index (χ1v) is 4.51. The molecule has 2 N–H and O–H groups in total. The molecule has 0 spiro atoms. The van der Waals surface area contributed by atoms with E-state index in [1.165, 1.54) is 0 Å². The maximum absolute atomic E-state index is 5.45. The Balaban J connectivity index is 2.10. The number of hydrogen-bond donors (Lipinski definition) is 1. The van der Waals surface area contributed by atoms with Gasteiger partial charge in [-0.1, -0.05) is 0 Å². The van der Waals surface area contributed by atoms with Crippen molar-refractivity contribution in [3.63, 3.8) is 0 Å². The van der Waals surface area contributed by atoms with E-state index in [1.54, 1.807) is 12.4 Å². The minimum atomic E-state index is 0.404. The first-order chi connectivity index (χ1) is 6.36. The van der Waals surface area contributed by atoms with Gasteiger partial charge in [0, 0.05) is 12.5 Å². The summed E-state index contributed by atoms with van der Waals surface area (Å²) in [4.78, 5) is 8.25. The molecule has 1 saturated heterocycles. The van der Waals surface area contributed by atoms with Crippen LogP contribution in [0.5, 0.6) is 0 Å². The van der Waals surface area contributed by atoms with Gasteiger partial charge in [-0.15, -0.1) is 0 Å². The molecule has 2 heterocycles. The Hall–Kier alpha value is -1.16. The van der Waals surface area contributed by atoms with E-state index in [9.17, 15) is 0 Å². The van der Waals surface area contributed by atoms with Crippen molar-refractivity contribution in [3.05, 3.63) is 18.1 Å². The lowest BCUT2D eigenvalue weighted by molar-refractivity contribution is 0.0792. The van der Waals surface area contributed by atoms with Crippen molar-refractivity contribution < 1.29 is 4.74 Å². The zero-order chi connectivity index (χ0) is 9.10. The van der Waals surface area contributed by atoms with Gasteiger partial charge >= 0.3 is 0 Å². The third-order valence-electron chi connectivity index (χ3n) is 2.27. The van der Waals surface area contributed by atoms with E-state index in [-0.39, 0.29) is 0 Å². The second kappa shape index (κ2) is 3.70. The van der Waals surface area contributed by atoms with E-state index in [0.29, 0.717) is 11.7 Å². The van der Waals surface area contributed by atoms with E-state index in [2.05, 4.69) is 9.97 Å². The van der Waals surface area contributed by atoms with Gasteiger partial charge in [0.05, 0.1) is 24.7 Å². The van der Waals surface area contributed by atoms with Gasteiger partial charge in [-0.2, -0.15) is 0 Å². The standard InChI is InChI=1S/C9H13N3O/c10-9-5-11-8(4-12-9)7-2-1-3-13-6-7/h4-5,7H,1-3,6H2,(H2,10,12). The monoisotopic (exact) mass is 179 g/mol. The van der Waals surface area contributed by atoms with Crippen molar-refractivity contribution >= 4 is 5.82 Å². The molecule has 1 aromatic rings. The van der Waals surface area contributed by atoms with Gasteiger partial charge in [-0.3, -0.25) is 4.98 Å². The van der Waals surface area contributed by atoms with Crippen LogP contribution >= 0.6 is 0 Å². The number of aromatic nitrogens is 2. The molecule has 4 nitrogen and oxygen atoms in total. The smallest absolute Gasteiger partial charge is 0.141 e. The van der Waals surface area contributed by atoms with E-state index in [1.807, 2.05) is 0 Å². The highest BCUT2D eigenvalue weighted by Crippen LogP contribution is 2.22. The Morgan fingerprint density at radius 1 is 1.38 bits per heavy atom. The first-order valence-electron chi connectivity index (χ1n) is 4.51. The summed E-state index contributed by atoms with van der Waals surface area (Å²) in [5, 5.41) is 0. The fourth-order valence-corrected chi connectivity index (χ4v) is 1.53. The van der Waals surface area contributed by atoms with E-state index < -0.39 is 0 Å². The van der Waals surface area contributed by atoms with Crippen LogP contribution < -0.4 is 5.73 Å². The summed E-state index contributed by atoms with van der Waals surface area (Å²) < 4.78 is 5.37. The van der Waals surface area contributed by atoms with E-state index in [4.69, 9.17) is 10.5 Å². The normalized spacial score (nSPS) is 22.9. The van der Waals surface area contributed by atoms with E-state index in [0.717, 1.165) is 31.7 Å². The van der Waals surface area contributed by atoms with Crippen LogP contribution in [0, 0.1) is 0 Å². The topological polar surface area (TPSA) is 61.0 Å². The fourth-order valence-electron chi connectivity index (χ4n) is 1.53. The fraction of sp³-hybridized carbons (Fsp3) is 0.556.